The first-order valence-electron chi connectivity index (χ1n) is 9.71. The summed E-state index contributed by atoms with van der Waals surface area (Å²) in [5, 5.41) is 0. The van der Waals surface area contributed by atoms with Gasteiger partial charge in [-0.3, -0.25) is 4.55 Å². The van der Waals surface area contributed by atoms with Crippen molar-refractivity contribution in [2.24, 2.45) is 0 Å². The molecule has 7 heteroatoms. The topological polar surface area (TPSA) is 66.8 Å². The Morgan fingerprint density at radius 3 is 1.69 bits per heavy atom. The normalized spacial score (nSPS) is 23.8. The second kappa shape index (κ2) is 10.5. The highest BCUT2D eigenvalue weighted by Gasteiger charge is 2.39. The van der Waals surface area contributed by atoms with Crippen LogP contribution in [0.2, 0.25) is 0 Å². The van der Waals surface area contributed by atoms with Crippen LogP contribution in [0, 0.1) is 0 Å². The van der Waals surface area contributed by atoms with Gasteiger partial charge in [-0.1, -0.05) is 60.7 Å². The summed E-state index contributed by atoms with van der Waals surface area (Å²) in [7, 11) is -1.38. The summed E-state index contributed by atoms with van der Waals surface area (Å²) in [4.78, 5) is 2.57. The molecule has 4 rings (SSSR count). The van der Waals surface area contributed by atoms with Gasteiger partial charge in [-0.15, -0.1) is 12.4 Å². The SMILES string of the molecule is CN1[C@@H]2CC[C@H]1C[C@@H](OC(c1ccccc1)c1ccccc1)C2.CS(=O)(=O)O.Cl. The van der Waals surface area contributed by atoms with Gasteiger partial charge in [0.2, 0.25) is 0 Å². The van der Waals surface area contributed by atoms with Crippen LogP contribution < -0.4 is 0 Å². The van der Waals surface area contributed by atoms with Gasteiger partial charge in [0.15, 0.2) is 0 Å². The summed E-state index contributed by atoms with van der Waals surface area (Å²) >= 11 is 0. The van der Waals surface area contributed by atoms with Gasteiger partial charge in [-0.05, 0) is 43.9 Å². The van der Waals surface area contributed by atoms with Crippen LogP contribution >= 0.6 is 12.4 Å². The fourth-order valence-electron chi connectivity index (χ4n) is 4.27. The van der Waals surface area contributed by atoms with Crippen molar-refractivity contribution >= 4 is 22.5 Å². The Morgan fingerprint density at radius 2 is 1.31 bits per heavy atom. The van der Waals surface area contributed by atoms with Crippen molar-refractivity contribution in [3.8, 4) is 0 Å². The molecule has 2 heterocycles. The molecule has 3 atom stereocenters. The van der Waals surface area contributed by atoms with Crippen LogP contribution in [0.4, 0.5) is 0 Å². The van der Waals surface area contributed by atoms with Gasteiger partial charge < -0.3 is 9.64 Å². The van der Waals surface area contributed by atoms with E-state index < -0.39 is 10.1 Å². The molecular weight excluding hydrogens is 410 g/mol. The minimum absolute atomic E-state index is 0. The maximum Gasteiger partial charge on any atom is 0.261 e. The van der Waals surface area contributed by atoms with Crippen LogP contribution in [-0.2, 0) is 14.9 Å². The molecule has 0 radical (unpaired) electrons. The molecule has 2 saturated heterocycles. The highest BCUT2D eigenvalue weighted by atomic mass is 35.5. The van der Waals surface area contributed by atoms with Crippen molar-refractivity contribution < 1.29 is 17.7 Å². The molecule has 0 unspecified atom stereocenters. The second-order valence-electron chi connectivity index (χ2n) is 7.71. The summed E-state index contributed by atoms with van der Waals surface area (Å²) < 4.78 is 32.5. The molecule has 2 fully saturated rings. The van der Waals surface area contributed by atoms with Crippen LogP contribution in [0.15, 0.2) is 60.7 Å². The summed E-state index contributed by atoms with van der Waals surface area (Å²) in [6.45, 7) is 0. The number of ether oxygens (including phenoxy) is 1. The monoisotopic (exact) mass is 439 g/mol. The molecule has 1 N–H and O–H groups in total. The van der Waals surface area contributed by atoms with Crippen molar-refractivity contribution in [2.45, 2.75) is 50.0 Å². The van der Waals surface area contributed by atoms with E-state index in [0.717, 1.165) is 0 Å². The lowest BCUT2D eigenvalue weighted by Gasteiger charge is -2.38. The third kappa shape index (κ3) is 7.08. The molecule has 2 bridgehead atoms. The van der Waals surface area contributed by atoms with Gasteiger partial charge >= 0.3 is 0 Å². The molecule has 2 aromatic rings. The lowest BCUT2D eigenvalue weighted by molar-refractivity contribution is -0.0426. The van der Waals surface area contributed by atoms with Crippen molar-refractivity contribution in [1.29, 1.82) is 0 Å². The molecule has 2 aromatic carbocycles. The molecule has 0 aliphatic carbocycles. The van der Waals surface area contributed by atoms with Crippen molar-refractivity contribution in [3.63, 3.8) is 0 Å². The first-order valence-corrected chi connectivity index (χ1v) is 11.6. The quantitative estimate of drug-likeness (QED) is 0.717. The molecule has 0 aromatic heterocycles. The summed E-state index contributed by atoms with van der Waals surface area (Å²) in [6.07, 6.45) is 6.14. The van der Waals surface area contributed by atoms with E-state index in [1.807, 2.05) is 0 Å². The van der Waals surface area contributed by atoms with E-state index in [4.69, 9.17) is 9.29 Å². The predicted molar refractivity (Wildman–Crippen MR) is 118 cm³/mol. The second-order valence-corrected chi connectivity index (χ2v) is 9.18. The average Bonchev–Trinajstić information content (AvgIpc) is 2.87. The first kappa shape index (κ1) is 23.8. The molecule has 0 amide bonds. The summed E-state index contributed by atoms with van der Waals surface area (Å²) in [5.41, 5.74) is 2.51. The van der Waals surface area contributed by atoms with E-state index >= 15 is 0 Å². The van der Waals surface area contributed by atoms with Gasteiger partial charge in [-0.2, -0.15) is 8.42 Å². The minimum atomic E-state index is -3.67. The Kier molecular flexibility index (Phi) is 8.67. The Bertz CT molecular complexity index is 786. The average molecular weight is 440 g/mol. The maximum atomic E-state index is 9.19. The van der Waals surface area contributed by atoms with Crippen molar-refractivity contribution in [1.82, 2.24) is 4.90 Å². The number of hydrogen-bond donors (Lipinski definition) is 1. The zero-order valence-electron chi connectivity index (χ0n) is 16.8. The summed E-state index contributed by atoms with van der Waals surface area (Å²) in [6, 6.07) is 22.7. The molecule has 2 aliphatic rings. The van der Waals surface area contributed by atoms with E-state index in [0.29, 0.717) is 24.4 Å². The Labute approximate surface area is 180 Å². The predicted octanol–water partition coefficient (Wildman–Crippen LogP) is 4.34. The van der Waals surface area contributed by atoms with Crippen molar-refractivity contribution in [3.05, 3.63) is 71.8 Å². The van der Waals surface area contributed by atoms with Gasteiger partial charge in [0.05, 0.1) is 12.4 Å². The Hall–Kier alpha value is -1.44. The standard InChI is InChI=1S/C21H25NO.CH4O3S.ClH/c1-22-18-12-13-19(22)15-20(14-18)23-21(16-8-4-2-5-9-16)17-10-6-3-7-11-17;1-5(2,3)4;/h2-11,18-21H,12-15H2,1H3;1H3,(H,2,3,4);1H/t18-,19+,20+;;. The highest BCUT2D eigenvalue weighted by Crippen LogP contribution is 2.38. The number of halogens is 1. The highest BCUT2D eigenvalue weighted by molar-refractivity contribution is 7.85. The van der Waals surface area contributed by atoms with E-state index in [1.165, 1.54) is 36.8 Å². The van der Waals surface area contributed by atoms with Crippen LogP contribution in [0.3, 0.4) is 0 Å². The number of nitrogens with zero attached hydrogens (tertiary/aromatic N) is 1. The molecular formula is C22H30ClNO4S. The van der Waals surface area contributed by atoms with E-state index in [2.05, 4.69) is 72.6 Å². The maximum absolute atomic E-state index is 9.19. The third-order valence-electron chi connectivity index (χ3n) is 5.59. The van der Waals surface area contributed by atoms with Gasteiger partial charge in [0.1, 0.15) is 6.10 Å². The molecule has 0 saturated carbocycles. The smallest absolute Gasteiger partial charge is 0.261 e. The fraction of sp³-hybridized carbons (Fsp3) is 0.455. The van der Waals surface area contributed by atoms with Gasteiger partial charge in [0.25, 0.3) is 10.1 Å². The van der Waals surface area contributed by atoms with Crippen LogP contribution in [0.25, 0.3) is 0 Å². The summed E-state index contributed by atoms with van der Waals surface area (Å²) in [5.74, 6) is 0. The number of fused-ring (bicyclic) bond motifs is 2. The largest absolute Gasteiger partial charge is 0.365 e. The molecule has 5 nitrogen and oxygen atoms in total. The number of rotatable bonds is 4. The first-order chi connectivity index (χ1) is 13.3. The Balaban J connectivity index is 0.000000450. The molecule has 29 heavy (non-hydrogen) atoms. The lowest BCUT2D eigenvalue weighted by Crippen LogP contribution is -2.43. The molecule has 0 spiro atoms. The van der Waals surface area contributed by atoms with Crippen LogP contribution in [0.5, 0.6) is 0 Å². The van der Waals surface area contributed by atoms with Gasteiger partial charge in [0, 0.05) is 12.1 Å². The number of hydrogen-bond acceptors (Lipinski definition) is 4. The number of benzene rings is 2. The van der Waals surface area contributed by atoms with E-state index in [1.54, 1.807) is 0 Å². The molecule has 160 valence electrons. The minimum Gasteiger partial charge on any atom is -0.365 e. The lowest BCUT2D eigenvalue weighted by atomic mass is 9.97. The van der Waals surface area contributed by atoms with Crippen LogP contribution in [0.1, 0.15) is 42.9 Å². The fourth-order valence-corrected chi connectivity index (χ4v) is 4.27. The van der Waals surface area contributed by atoms with Gasteiger partial charge in [-0.25, -0.2) is 0 Å². The van der Waals surface area contributed by atoms with E-state index in [-0.39, 0.29) is 18.5 Å². The molecule has 2 aliphatic heterocycles. The van der Waals surface area contributed by atoms with Crippen LogP contribution in [-0.4, -0.2) is 49.4 Å². The third-order valence-corrected chi connectivity index (χ3v) is 5.59. The van der Waals surface area contributed by atoms with Crippen molar-refractivity contribution in [2.75, 3.05) is 13.3 Å². The zero-order valence-corrected chi connectivity index (χ0v) is 18.5. The van der Waals surface area contributed by atoms with E-state index in [9.17, 15) is 8.42 Å². The Morgan fingerprint density at radius 1 is 0.931 bits per heavy atom. The zero-order chi connectivity index (χ0) is 20.1. The number of piperidine rings is 1.